The monoisotopic (exact) mass is 464 g/mol. The number of rotatable bonds is 3. The van der Waals surface area contributed by atoms with Crippen LogP contribution in [0, 0.1) is 5.41 Å². The normalized spacial score (nSPS) is 23.5. The van der Waals surface area contributed by atoms with Crippen molar-refractivity contribution in [2.45, 2.75) is 41.8 Å². The van der Waals surface area contributed by atoms with Gasteiger partial charge in [-0.2, -0.15) is 0 Å². The maximum atomic E-state index is 6.50. The molecule has 0 saturated carbocycles. The summed E-state index contributed by atoms with van der Waals surface area (Å²) in [6.45, 7) is 4.65. The topological polar surface area (TPSA) is 81.6 Å². The Bertz CT molecular complexity index is 1070. The van der Waals surface area contributed by atoms with E-state index in [0.29, 0.717) is 15.8 Å². The highest BCUT2D eigenvalue weighted by Crippen LogP contribution is 2.42. The minimum Gasteiger partial charge on any atom is -0.376 e. The molecule has 0 aromatic carbocycles. The summed E-state index contributed by atoms with van der Waals surface area (Å²) in [6, 6.07) is 2.01. The lowest BCUT2D eigenvalue weighted by atomic mass is 9.73. The van der Waals surface area contributed by atoms with Crippen LogP contribution in [0.25, 0.3) is 5.65 Å². The van der Waals surface area contributed by atoms with Crippen molar-refractivity contribution in [3.8, 4) is 0 Å². The quantitative estimate of drug-likeness (QED) is 0.628. The van der Waals surface area contributed by atoms with Crippen molar-refractivity contribution in [1.82, 2.24) is 19.4 Å². The van der Waals surface area contributed by atoms with Crippen molar-refractivity contribution in [1.29, 1.82) is 0 Å². The Balaban J connectivity index is 1.27. The zero-order valence-electron chi connectivity index (χ0n) is 16.5. The summed E-state index contributed by atoms with van der Waals surface area (Å²) in [5, 5.41) is 1.85. The maximum Gasteiger partial charge on any atom is 0.157 e. The van der Waals surface area contributed by atoms with Crippen molar-refractivity contribution in [2.75, 3.05) is 24.6 Å². The zero-order valence-corrected chi connectivity index (χ0v) is 18.8. The molecule has 0 bridgehead atoms. The van der Waals surface area contributed by atoms with E-state index in [4.69, 9.17) is 33.7 Å². The number of nitrogens with zero attached hydrogens (tertiary/aromatic N) is 5. The molecule has 1 spiro atoms. The SMILES string of the molecule is C[C@@H]1OCC2(CCN(c3cnc(Sc4ccn5c(Cl)cnc5c4Cl)cn3)CC2)[C@@H]1N. The smallest absolute Gasteiger partial charge is 0.157 e. The third-order valence-electron chi connectivity index (χ3n) is 6.30. The molecule has 2 aliphatic heterocycles. The Kier molecular flexibility index (Phi) is 5.31. The number of hydrogen-bond donors (Lipinski definition) is 1. The van der Waals surface area contributed by atoms with E-state index in [0.717, 1.165) is 48.3 Å². The molecule has 3 aromatic rings. The van der Waals surface area contributed by atoms with E-state index in [1.807, 2.05) is 18.5 Å². The number of ether oxygens (including phenoxy) is 1. The molecule has 2 aliphatic rings. The number of aromatic nitrogens is 4. The van der Waals surface area contributed by atoms with Crippen molar-refractivity contribution in [2.24, 2.45) is 11.1 Å². The van der Waals surface area contributed by atoms with Crippen LogP contribution in [0.5, 0.6) is 0 Å². The summed E-state index contributed by atoms with van der Waals surface area (Å²) in [5.74, 6) is 0.885. The molecule has 2 atom stereocenters. The Morgan fingerprint density at radius 1 is 1.17 bits per heavy atom. The van der Waals surface area contributed by atoms with Crippen LogP contribution in [0.4, 0.5) is 5.82 Å². The minimum atomic E-state index is 0.101. The molecule has 0 unspecified atom stereocenters. The van der Waals surface area contributed by atoms with Crippen LogP contribution < -0.4 is 10.6 Å². The van der Waals surface area contributed by atoms with E-state index < -0.39 is 0 Å². The van der Waals surface area contributed by atoms with Gasteiger partial charge in [0.1, 0.15) is 16.0 Å². The van der Waals surface area contributed by atoms with Crippen LogP contribution in [0.2, 0.25) is 10.2 Å². The van der Waals surface area contributed by atoms with E-state index >= 15 is 0 Å². The molecule has 2 N–H and O–H groups in total. The first-order valence-electron chi connectivity index (χ1n) is 9.90. The fourth-order valence-corrected chi connectivity index (χ4v) is 5.59. The van der Waals surface area contributed by atoms with Gasteiger partial charge in [-0.3, -0.25) is 4.40 Å². The van der Waals surface area contributed by atoms with E-state index in [1.54, 1.807) is 16.8 Å². The third-order valence-corrected chi connectivity index (χ3v) is 8.04. The van der Waals surface area contributed by atoms with E-state index in [9.17, 15) is 0 Å². The molecule has 7 nitrogen and oxygen atoms in total. The van der Waals surface area contributed by atoms with Gasteiger partial charge in [0.05, 0.1) is 36.3 Å². The average molecular weight is 465 g/mol. The summed E-state index contributed by atoms with van der Waals surface area (Å²) in [4.78, 5) is 16.6. The van der Waals surface area contributed by atoms with Gasteiger partial charge in [-0.1, -0.05) is 35.0 Å². The Labute approximate surface area is 188 Å². The van der Waals surface area contributed by atoms with Gasteiger partial charge >= 0.3 is 0 Å². The third kappa shape index (κ3) is 3.44. The van der Waals surface area contributed by atoms with Gasteiger partial charge in [-0.15, -0.1) is 0 Å². The molecular formula is C20H22Cl2N6OS. The fourth-order valence-electron chi connectivity index (χ4n) is 4.34. The van der Waals surface area contributed by atoms with Crippen LogP contribution in [0.3, 0.4) is 0 Å². The predicted octanol–water partition coefficient (Wildman–Crippen LogP) is 3.91. The summed E-state index contributed by atoms with van der Waals surface area (Å²) in [5.41, 5.74) is 7.14. The number of nitrogens with two attached hydrogens (primary N) is 1. The van der Waals surface area contributed by atoms with Crippen molar-refractivity contribution in [3.63, 3.8) is 0 Å². The number of pyridine rings is 1. The molecule has 3 aromatic heterocycles. The van der Waals surface area contributed by atoms with Crippen LogP contribution in [-0.4, -0.2) is 51.2 Å². The lowest BCUT2D eigenvalue weighted by molar-refractivity contribution is 0.0974. The Hall–Kier alpha value is -1.58. The van der Waals surface area contributed by atoms with Gasteiger partial charge in [0.15, 0.2) is 5.65 Å². The maximum absolute atomic E-state index is 6.50. The lowest BCUT2D eigenvalue weighted by Crippen LogP contribution is -2.50. The number of halogens is 2. The minimum absolute atomic E-state index is 0.101. The second-order valence-corrected chi connectivity index (χ2v) is 9.80. The molecule has 0 amide bonds. The molecule has 5 rings (SSSR count). The molecule has 10 heteroatoms. The highest BCUT2D eigenvalue weighted by molar-refractivity contribution is 7.99. The molecule has 0 radical (unpaired) electrons. The summed E-state index contributed by atoms with van der Waals surface area (Å²) in [6.07, 6.45) is 9.21. The highest BCUT2D eigenvalue weighted by atomic mass is 35.5. The summed E-state index contributed by atoms with van der Waals surface area (Å²) >= 11 is 14.1. The van der Waals surface area contributed by atoms with Crippen molar-refractivity contribution < 1.29 is 4.74 Å². The number of imidazole rings is 1. The second kappa shape index (κ2) is 7.84. The predicted molar refractivity (Wildman–Crippen MR) is 119 cm³/mol. The molecule has 2 saturated heterocycles. The highest BCUT2D eigenvalue weighted by Gasteiger charge is 2.47. The van der Waals surface area contributed by atoms with Gasteiger partial charge < -0.3 is 15.4 Å². The molecule has 5 heterocycles. The molecule has 2 fully saturated rings. The van der Waals surface area contributed by atoms with E-state index in [-0.39, 0.29) is 17.6 Å². The van der Waals surface area contributed by atoms with Gasteiger partial charge in [0, 0.05) is 35.6 Å². The number of hydrogen-bond acceptors (Lipinski definition) is 7. The molecule has 30 heavy (non-hydrogen) atoms. The largest absolute Gasteiger partial charge is 0.376 e. The first kappa shape index (κ1) is 20.3. The second-order valence-electron chi connectivity index (χ2n) is 7.97. The standard InChI is InChI=1S/C20H22Cl2N6OS/c1-12-18(23)20(11-29-12)3-6-27(7-4-20)15-9-25-16(10-24-15)30-13-2-5-28-14(21)8-26-19(28)17(13)22/h2,5,8-10,12,18H,3-4,6-7,11,23H2,1H3/t12-,18+/m0/s1. The fraction of sp³-hybridized carbons (Fsp3) is 0.450. The van der Waals surface area contributed by atoms with Crippen molar-refractivity contribution >= 4 is 46.4 Å². The van der Waals surface area contributed by atoms with Crippen LogP contribution >= 0.6 is 35.0 Å². The summed E-state index contributed by atoms with van der Waals surface area (Å²) in [7, 11) is 0. The lowest BCUT2D eigenvalue weighted by Gasteiger charge is -2.41. The first-order chi connectivity index (χ1) is 14.5. The Morgan fingerprint density at radius 2 is 1.97 bits per heavy atom. The molecule has 0 aliphatic carbocycles. The van der Waals surface area contributed by atoms with Gasteiger partial charge in [0.2, 0.25) is 0 Å². The average Bonchev–Trinajstić information content (AvgIpc) is 3.27. The summed E-state index contributed by atoms with van der Waals surface area (Å²) < 4.78 is 7.56. The number of anilines is 1. The molecule has 158 valence electrons. The van der Waals surface area contributed by atoms with Crippen LogP contribution in [0.1, 0.15) is 19.8 Å². The van der Waals surface area contributed by atoms with Crippen molar-refractivity contribution in [3.05, 3.63) is 41.0 Å². The van der Waals surface area contributed by atoms with E-state index in [1.165, 1.54) is 11.8 Å². The number of fused-ring (bicyclic) bond motifs is 1. The first-order valence-corrected chi connectivity index (χ1v) is 11.5. The Morgan fingerprint density at radius 3 is 2.63 bits per heavy atom. The zero-order chi connectivity index (χ0) is 20.9. The van der Waals surface area contributed by atoms with Gasteiger partial charge in [-0.25, -0.2) is 15.0 Å². The van der Waals surface area contributed by atoms with Gasteiger partial charge in [-0.05, 0) is 25.8 Å². The molecular weight excluding hydrogens is 443 g/mol. The van der Waals surface area contributed by atoms with Crippen LogP contribution in [-0.2, 0) is 4.74 Å². The van der Waals surface area contributed by atoms with E-state index in [2.05, 4.69) is 26.8 Å². The van der Waals surface area contributed by atoms with Gasteiger partial charge in [0.25, 0.3) is 0 Å². The number of piperidine rings is 1. The van der Waals surface area contributed by atoms with Crippen LogP contribution in [0.15, 0.2) is 40.8 Å².